The highest BCUT2D eigenvalue weighted by Crippen LogP contribution is 2.19. The van der Waals surface area contributed by atoms with Crippen molar-refractivity contribution in [1.29, 1.82) is 0 Å². The molecular formula is C6H11NO4. The Hall–Kier alpha value is -1.13. The predicted molar refractivity (Wildman–Crippen MR) is 37.9 cm³/mol. The summed E-state index contributed by atoms with van der Waals surface area (Å²) in [7, 11) is 0. The Labute approximate surface area is 64.2 Å². The Morgan fingerprint density at radius 1 is 1.64 bits per heavy atom. The second-order valence-corrected chi connectivity index (χ2v) is 3.23. The first-order valence-corrected chi connectivity index (χ1v) is 3.17. The van der Waals surface area contributed by atoms with Crippen molar-refractivity contribution in [3.8, 4) is 0 Å². The highest BCUT2D eigenvalue weighted by molar-refractivity contribution is 5.67. The third-order valence-corrected chi connectivity index (χ3v) is 1.19. The van der Waals surface area contributed by atoms with E-state index in [1.807, 2.05) is 0 Å². The summed E-state index contributed by atoms with van der Waals surface area (Å²) in [6.07, 6.45) is -0.173. The average molecular weight is 161 g/mol. The molecule has 0 radical (unpaired) electrons. The summed E-state index contributed by atoms with van der Waals surface area (Å²) >= 11 is 0. The van der Waals surface area contributed by atoms with Crippen molar-refractivity contribution in [2.45, 2.75) is 20.3 Å². The van der Waals surface area contributed by atoms with Crippen LogP contribution in [0.25, 0.3) is 0 Å². The molecule has 11 heavy (non-hydrogen) atoms. The molecule has 0 aliphatic heterocycles. The summed E-state index contributed by atoms with van der Waals surface area (Å²) < 4.78 is 0. The monoisotopic (exact) mass is 161 g/mol. The minimum absolute atomic E-state index is 0.173. The van der Waals surface area contributed by atoms with Crippen molar-refractivity contribution in [2.75, 3.05) is 6.54 Å². The van der Waals surface area contributed by atoms with Gasteiger partial charge in [-0.25, -0.2) is 0 Å². The van der Waals surface area contributed by atoms with Gasteiger partial charge < -0.3 is 5.11 Å². The van der Waals surface area contributed by atoms with E-state index in [-0.39, 0.29) is 13.0 Å². The summed E-state index contributed by atoms with van der Waals surface area (Å²) in [5, 5.41) is 18.3. The first kappa shape index (κ1) is 9.87. The lowest BCUT2D eigenvalue weighted by atomic mass is 9.90. The maximum absolute atomic E-state index is 10.2. The van der Waals surface area contributed by atoms with E-state index in [4.69, 9.17) is 5.11 Å². The predicted octanol–water partition coefficient (Wildman–Crippen LogP) is 0.764. The topological polar surface area (TPSA) is 80.4 Å². The number of hydrogen-bond donors (Lipinski definition) is 1. The molecule has 5 heteroatoms. The Bertz CT molecular complexity index is 157. The van der Waals surface area contributed by atoms with Crippen LogP contribution in [0.2, 0.25) is 0 Å². The van der Waals surface area contributed by atoms with Crippen LogP contribution in [-0.2, 0) is 4.79 Å². The van der Waals surface area contributed by atoms with Gasteiger partial charge in [-0.1, -0.05) is 13.8 Å². The summed E-state index contributed by atoms with van der Waals surface area (Å²) in [4.78, 5) is 19.7. The van der Waals surface area contributed by atoms with Gasteiger partial charge in [0.2, 0.25) is 6.54 Å². The van der Waals surface area contributed by atoms with Crippen molar-refractivity contribution < 1.29 is 14.8 Å². The maximum Gasteiger partial charge on any atom is 0.304 e. The molecular weight excluding hydrogens is 150 g/mol. The highest BCUT2D eigenvalue weighted by Gasteiger charge is 2.27. The van der Waals surface area contributed by atoms with Crippen LogP contribution < -0.4 is 0 Å². The second kappa shape index (κ2) is 3.32. The Kier molecular flexibility index (Phi) is 2.98. The minimum atomic E-state index is -1.00. The second-order valence-electron chi connectivity index (χ2n) is 3.23. The SMILES string of the molecule is CC(C)(CC(=O)O)C[N+](=O)[O-]. The Balaban J connectivity index is 3.99. The molecule has 0 spiro atoms. The molecule has 64 valence electrons. The Morgan fingerprint density at radius 3 is 2.36 bits per heavy atom. The fraction of sp³-hybridized carbons (Fsp3) is 0.833. The number of nitro groups is 1. The van der Waals surface area contributed by atoms with Crippen molar-refractivity contribution in [3.05, 3.63) is 10.1 Å². The molecule has 0 bridgehead atoms. The largest absolute Gasteiger partial charge is 0.481 e. The van der Waals surface area contributed by atoms with Crippen LogP contribution in [0.4, 0.5) is 0 Å². The molecule has 0 unspecified atom stereocenters. The zero-order valence-corrected chi connectivity index (χ0v) is 6.53. The molecule has 5 nitrogen and oxygen atoms in total. The van der Waals surface area contributed by atoms with Gasteiger partial charge >= 0.3 is 5.97 Å². The molecule has 1 N–H and O–H groups in total. The number of carboxylic acids is 1. The molecule has 0 aromatic rings. The fourth-order valence-corrected chi connectivity index (χ4v) is 0.815. The number of carbonyl (C=O) groups is 1. The highest BCUT2D eigenvalue weighted by atomic mass is 16.6. The van der Waals surface area contributed by atoms with E-state index in [9.17, 15) is 14.9 Å². The van der Waals surface area contributed by atoms with Gasteiger partial charge in [-0.3, -0.25) is 14.9 Å². The van der Waals surface area contributed by atoms with Gasteiger partial charge in [-0.2, -0.15) is 0 Å². The van der Waals surface area contributed by atoms with E-state index in [1.54, 1.807) is 13.8 Å². The summed E-state index contributed by atoms with van der Waals surface area (Å²) in [5.74, 6) is -1.00. The quantitative estimate of drug-likeness (QED) is 0.487. The lowest BCUT2D eigenvalue weighted by molar-refractivity contribution is -0.495. The molecule has 0 saturated heterocycles. The van der Waals surface area contributed by atoms with E-state index in [0.29, 0.717) is 0 Å². The van der Waals surface area contributed by atoms with E-state index >= 15 is 0 Å². The minimum Gasteiger partial charge on any atom is -0.481 e. The van der Waals surface area contributed by atoms with Gasteiger partial charge in [-0.05, 0) is 0 Å². The van der Waals surface area contributed by atoms with Crippen LogP contribution in [-0.4, -0.2) is 22.5 Å². The molecule has 0 heterocycles. The maximum atomic E-state index is 10.2. The van der Waals surface area contributed by atoms with E-state index in [1.165, 1.54) is 0 Å². The van der Waals surface area contributed by atoms with Crippen molar-refractivity contribution in [2.24, 2.45) is 5.41 Å². The molecule has 0 amide bonds. The molecule has 0 aromatic heterocycles. The average Bonchev–Trinajstić information content (AvgIpc) is 1.53. The van der Waals surface area contributed by atoms with E-state index in [0.717, 1.165) is 0 Å². The molecule has 0 aliphatic rings. The number of nitrogens with zero attached hydrogens (tertiary/aromatic N) is 1. The Morgan fingerprint density at radius 2 is 2.09 bits per heavy atom. The van der Waals surface area contributed by atoms with Gasteiger partial charge in [0.15, 0.2) is 0 Å². The van der Waals surface area contributed by atoms with E-state index in [2.05, 4.69) is 0 Å². The van der Waals surface area contributed by atoms with Crippen LogP contribution in [0, 0.1) is 15.5 Å². The van der Waals surface area contributed by atoms with Gasteiger partial charge in [0, 0.05) is 10.3 Å². The number of carboxylic acid groups (broad SMARTS) is 1. The summed E-state index contributed by atoms with van der Waals surface area (Å²) in [5.41, 5.74) is -0.755. The van der Waals surface area contributed by atoms with Gasteiger partial charge in [0.05, 0.1) is 6.42 Å². The first-order chi connectivity index (χ1) is 4.83. The van der Waals surface area contributed by atoms with Crippen molar-refractivity contribution in [1.82, 2.24) is 0 Å². The lowest BCUT2D eigenvalue weighted by Crippen LogP contribution is -2.25. The summed E-state index contributed by atoms with van der Waals surface area (Å²) in [6, 6.07) is 0. The third kappa shape index (κ3) is 5.32. The number of rotatable bonds is 4. The smallest absolute Gasteiger partial charge is 0.304 e. The van der Waals surface area contributed by atoms with Gasteiger partial charge in [0.25, 0.3) is 0 Å². The van der Waals surface area contributed by atoms with Gasteiger partial charge in [-0.15, -0.1) is 0 Å². The van der Waals surface area contributed by atoms with Crippen LogP contribution in [0.15, 0.2) is 0 Å². The standard InChI is InChI=1S/C6H11NO4/c1-6(2,3-5(8)9)4-7(10)11/h3-4H2,1-2H3,(H,8,9). The van der Waals surface area contributed by atoms with Crippen LogP contribution in [0.1, 0.15) is 20.3 Å². The molecule has 0 aliphatic carbocycles. The molecule has 0 rings (SSSR count). The number of aliphatic carboxylic acids is 1. The molecule has 0 atom stereocenters. The first-order valence-electron chi connectivity index (χ1n) is 3.17. The summed E-state index contributed by atoms with van der Waals surface area (Å²) in [6.45, 7) is 2.81. The lowest BCUT2D eigenvalue weighted by Gasteiger charge is -2.15. The third-order valence-electron chi connectivity index (χ3n) is 1.19. The molecule has 0 aromatic carbocycles. The van der Waals surface area contributed by atoms with Crippen LogP contribution in [0.3, 0.4) is 0 Å². The van der Waals surface area contributed by atoms with Gasteiger partial charge in [0.1, 0.15) is 0 Å². The fourth-order valence-electron chi connectivity index (χ4n) is 0.815. The molecule has 0 fully saturated rings. The number of hydrogen-bond acceptors (Lipinski definition) is 3. The van der Waals surface area contributed by atoms with Crippen molar-refractivity contribution >= 4 is 5.97 Å². The van der Waals surface area contributed by atoms with Crippen LogP contribution >= 0.6 is 0 Å². The zero-order chi connectivity index (χ0) is 9.07. The van der Waals surface area contributed by atoms with E-state index < -0.39 is 16.3 Å². The van der Waals surface area contributed by atoms with Crippen LogP contribution in [0.5, 0.6) is 0 Å². The molecule has 0 saturated carbocycles. The van der Waals surface area contributed by atoms with Crippen molar-refractivity contribution in [3.63, 3.8) is 0 Å². The zero-order valence-electron chi connectivity index (χ0n) is 6.53. The normalized spacial score (nSPS) is 11.1.